The first-order valence-corrected chi connectivity index (χ1v) is 7.60. The molecule has 3 nitrogen and oxygen atoms in total. The zero-order valence-corrected chi connectivity index (χ0v) is 12.3. The predicted octanol–water partition coefficient (Wildman–Crippen LogP) is 3.23. The first-order valence-electron chi connectivity index (χ1n) is 7.60. The van der Waals surface area contributed by atoms with Crippen LogP contribution in [0.25, 0.3) is 0 Å². The second kappa shape index (κ2) is 8.52. The molecule has 0 aromatic carbocycles. The van der Waals surface area contributed by atoms with E-state index >= 15 is 0 Å². The number of hydrogen-bond donors (Lipinski definition) is 0. The van der Waals surface area contributed by atoms with E-state index in [9.17, 15) is 4.79 Å². The monoisotopic (exact) mass is 255 g/mol. The first kappa shape index (κ1) is 15.5. The minimum Gasteiger partial charge on any atom is -0.376 e. The highest BCUT2D eigenvalue weighted by molar-refractivity contribution is 5.75. The third kappa shape index (κ3) is 4.97. The summed E-state index contributed by atoms with van der Waals surface area (Å²) in [6.07, 6.45) is 6.74. The molecule has 1 saturated heterocycles. The molecule has 0 aromatic heterocycles. The SMILES string of the molecule is CCCC(CC)COC1CCCN(C(=O)CC)C1. The van der Waals surface area contributed by atoms with Crippen LogP contribution in [0.4, 0.5) is 0 Å². The van der Waals surface area contributed by atoms with Crippen molar-refractivity contribution in [2.75, 3.05) is 19.7 Å². The molecule has 0 bridgehead atoms. The highest BCUT2D eigenvalue weighted by atomic mass is 16.5. The van der Waals surface area contributed by atoms with Gasteiger partial charge in [-0.1, -0.05) is 33.6 Å². The fourth-order valence-electron chi connectivity index (χ4n) is 2.61. The molecule has 1 aliphatic rings. The Hall–Kier alpha value is -0.570. The highest BCUT2D eigenvalue weighted by Gasteiger charge is 2.23. The van der Waals surface area contributed by atoms with E-state index in [0.29, 0.717) is 12.3 Å². The number of rotatable bonds is 7. The van der Waals surface area contributed by atoms with E-state index in [2.05, 4.69) is 13.8 Å². The second-order valence-corrected chi connectivity index (χ2v) is 5.35. The third-order valence-corrected chi connectivity index (χ3v) is 3.88. The van der Waals surface area contributed by atoms with Crippen molar-refractivity contribution in [2.24, 2.45) is 5.92 Å². The van der Waals surface area contributed by atoms with E-state index in [1.165, 1.54) is 19.3 Å². The van der Waals surface area contributed by atoms with Crippen LogP contribution in [0.3, 0.4) is 0 Å². The van der Waals surface area contributed by atoms with Crippen molar-refractivity contribution in [3.63, 3.8) is 0 Å². The zero-order valence-electron chi connectivity index (χ0n) is 12.3. The molecule has 0 spiro atoms. The average Bonchev–Trinajstić information content (AvgIpc) is 2.42. The average molecular weight is 255 g/mol. The molecule has 0 aliphatic carbocycles. The van der Waals surface area contributed by atoms with Gasteiger partial charge in [-0.3, -0.25) is 4.79 Å². The summed E-state index contributed by atoms with van der Waals surface area (Å²) in [5.41, 5.74) is 0. The molecule has 1 aliphatic heterocycles. The summed E-state index contributed by atoms with van der Waals surface area (Å²) in [6.45, 7) is 8.97. The van der Waals surface area contributed by atoms with Gasteiger partial charge in [0, 0.05) is 26.1 Å². The van der Waals surface area contributed by atoms with Crippen LogP contribution in [-0.4, -0.2) is 36.6 Å². The van der Waals surface area contributed by atoms with Crippen LogP contribution in [0, 0.1) is 5.92 Å². The number of ether oxygens (including phenoxy) is 1. The van der Waals surface area contributed by atoms with Crippen molar-refractivity contribution in [3.8, 4) is 0 Å². The minimum absolute atomic E-state index is 0.264. The third-order valence-electron chi connectivity index (χ3n) is 3.88. The quantitative estimate of drug-likeness (QED) is 0.699. The van der Waals surface area contributed by atoms with Gasteiger partial charge in [0.25, 0.3) is 0 Å². The summed E-state index contributed by atoms with van der Waals surface area (Å²) in [6, 6.07) is 0. The molecule has 0 aromatic rings. The standard InChI is InChI=1S/C15H29NO2/c1-4-8-13(5-2)12-18-14-9-7-10-16(11-14)15(17)6-3/h13-14H,4-12H2,1-3H3. The van der Waals surface area contributed by atoms with Gasteiger partial charge in [0.05, 0.1) is 6.10 Å². The lowest BCUT2D eigenvalue weighted by atomic mass is 10.0. The molecule has 1 heterocycles. The van der Waals surface area contributed by atoms with Crippen molar-refractivity contribution in [2.45, 2.75) is 65.4 Å². The van der Waals surface area contributed by atoms with Crippen LogP contribution in [0.1, 0.15) is 59.3 Å². The Morgan fingerprint density at radius 2 is 2.17 bits per heavy atom. The van der Waals surface area contributed by atoms with Crippen LogP contribution in [0.15, 0.2) is 0 Å². The Labute approximate surface area is 112 Å². The first-order chi connectivity index (χ1) is 8.71. The van der Waals surface area contributed by atoms with Crippen LogP contribution >= 0.6 is 0 Å². The van der Waals surface area contributed by atoms with Crippen molar-refractivity contribution in [1.82, 2.24) is 4.90 Å². The lowest BCUT2D eigenvalue weighted by Crippen LogP contribution is -2.43. The second-order valence-electron chi connectivity index (χ2n) is 5.35. The molecule has 2 atom stereocenters. The van der Waals surface area contributed by atoms with Crippen molar-refractivity contribution in [1.29, 1.82) is 0 Å². The fourth-order valence-corrected chi connectivity index (χ4v) is 2.61. The molecule has 0 saturated carbocycles. The molecule has 3 heteroatoms. The van der Waals surface area contributed by atoms with Gasteiger partial charge in [0.1, 0.15) is 0 Å². The maximum atomic E-state index is 11.7. The molecule has 0 N–H and O–H groups in total. The molecule has 106 valence electrons. The predicted molar refractivity (Wildman–Crippen MR) is 74.5 cm³/mol. The summed E-state index contributed by atoms with van der Waals surface area (Å²) in [7, 11) is 0. The molecule has 0 radical (unpaired) electrons. The molecular weight excluding hydrogens is 226 g/mol. The molecule has 1 rings (SSSR count). The molecular formula is C15H29NO2. The van der Waals surface area contributed by atoms with Crippen LogP contribution in [0.2, 0.25) is 0 Å². The van der Waals surface area contributed by atoms with Crippen molar-refractivity contribution < 1.29 is 9.53 Å². The summed E-state index contributed by atoms with van der Waals surface area (Å²) in [4.78, 5) is 13.6. The van der Waals surface area contributed by atoms with Gasteiger partial charge in [-0.15, -0.1) is 0 Å². The summed E-state index contributed by atoms with van der Waals surface area (Å²) in [5.74, 6) is 0.955. The Bertz CT molecular complexity index is 243. The maximum absolute atomic E-state index is 11.7. The number of hydrogen-bond acceptors (Lipinski definition) is 2. The van der Waals surface area contributed by atoms with Crippen molar-refractivity contribution in [3.05, 3.63) is 0 Å². The fraction of sp³-hybridized carbons (Fsp3) is 0.933. The van der Waals surface area contributed by atoms with Gasteiger partial charge in [-0.05, 0) is 25.2 Å². The van der Waals surface area contributed by atoms with Gasteiger partial charge in [-0.2, -0.15) is 0 Å². The minimum atomic E-state index is 0.264. The number of amides is 1. The van der Waals surface area contributed by atoms with Gasteiger partial charge < -0.3 is 9.64 Å². The smallest absolute Gasteiger partial charge is 0.222 e. The van der Waals surface area contributed by atoms with Gasteiger partial charge in [-0.25, -0.2) is 0 Å². The summed E-state index contributed by atoms with van der Waals surface area (Å²) >= 11 is 0. The number of carbonyl (C=O) groups excluding carboxylic acids is 1. The summed E-state index contributed by atoms with van der Waals surface area (Å²) < 4.78 is 6.02. The van der Waals surface area contributed by atoms with E-state index in [-0.39, 0.29) is 12.0 Å². The zero-order chi connectivity index (χ0) is 13.4. The number of likely N-dealkylation sites (tertiary alicyclic amines) is 1. The normalized spacial score (nSPS) is 21.9. The Balaban J connectivity index is 2.31. The molecule has 1 amide bonds. The number of nitrogens with zero attached hydrogens (tertiary/aromatic N) is 1. The number of piperidine rings is 1. The van der Waals surface area contributed by atoms with Crippen LogP contribution in [0.5, 0.6) is 0 Å². The Morgan fingerprint density at radius 1 is 1.39 bits per heavy atom. The summed E-state index contributed by atoms with van der Waals surface area (Å²) in [5, 5.41) is 0. The Morgan fingerprint density at radius 3 is 2.78 bits per heavy atom. The van der Waals surface area contributed by atoms with Crippen molar-refractivity contribution >= 4 is 5.91 Å². The highest BCUT2D eigenvalue weighted by Crippen LogP contribution is 2.17. The lowest BCUT2D eigenvalue weighted by molar-refractivity contribution is -0.135. The van der Waals surface area contributed by atoms with E-state index in [4.69, 9.17) is 4.74 Å². The van der Waals surface area contributed by atoms with E-state index in [1.54, 1.807) is 0 Å². The van der Waals surface area contributed by atoms with Gasteiger partial charge >= 0.3 is 0 Å². The largest absolute Gasteiger partial charge is 0.376 e. The van der Waals surface area contributed by atoms with E-state index < -0.39 is 0 Å². The topological polar surface area (TPSA) is 29.5 Å². The van der Waals surface area contributed by atoms with Gasteiger partial charge in [0.15, 0.2) is 0 Å². The molecule has 2 unspecified atom stereocenters. The van der Waals surface area contributed by atoms with Crippen LogP contribution < -0.4 is 0 Å². The number of carbonyl (C=O) groups is 1. The van der Waals surface area contributed by atoms with Gasteiger partial charge in [0.2, 0.25) is 5.91 Å². The molecule has 18 heavy (non-hydrogen) atoms. The maximum Gasteiger partial charge on any atom is 0.222 e. The van der Waals surface area contributed by atoms with Crippen LogP contribution in [-0.2, 0) is 9.53 Å². The Kier molecular flexibility index (Phi) is 7.33. The molecule has 1 fully saturated rings. The van der Waals surface area contributed by atoms with E-state index in [1.807, 2.05) is 11.8 Å². The van der Waals surface area contributed by atoms with E-state index in [0.717, 1.165) is 32.5 Å². The lowest BCUT2D eigenvalue weighted by Gasteiger charge is -2.33.